The van der Waals surface area contributed by atoms with Crippen LogP contribution in [-0.2, 0) is 9.70 Å². The van der Waals surface area contributed by atoms with Crippen molar-refractivity contribution in [2.75, 3.05) is 0 Å². The Morgan fingerprint density at radius 2 is 0.720 bits per heavy atom. The van der Waals surface area contributed by atoms with Crippen molar-refractivity contribution in [3.8, 4) is 0 Å². The summed E-state index contributed by atoms with van der Waals surface area (Å²) in [6.07, 6.45) is 0. The number of hydrogen-bond acceptors (Lipinski definition) is 6. The van der Waals surface area contributed by atoms with E-state index in [0.717, 1.165) is 14.7 Å². The minimum Gasteiger partial charge on any atom is -0.383 e. The predicted octanol–water partition coefficient (Wildman–Crippen LogP) is 6.14. The summed E-state index contributed by atoms with van der Waals surface area (Å²) in [6.45, 7) is 0. The standard InChI is InChI=1S/3C6H6OS.Al/c3*7-8-6-4-2-1-3-5-6;/h3*1-5,7H;/q;;;+3/p-3. The van der Waals surface area contributed by atoms with E-state index in [4.69, 9.17) is 9.70 Å². The zero-order valence-electron chi connectivity index (χ0n) is 13.2. The van der Waals surface area contributed by atoms with Gasteiger partial charge in [0.2, 0.25) is 0 Å². The molecule has 0 saturated carbocycles. The molecule has 3 rings (SSSR count). The minimum atomic E-state index is -2.35. The second kappa shape index (κ2) is 11.0. The van der Waals surface area contributed by atoms with E-state index in [1.807, 2.05) is 91.0 Å². The average Bonchev–Trinajstić information content (AvgIpc) is 2.70. The van der Waals surface area contributed by atoms with Crippen LogP contribution >= 0.6 is 36.1 Å². The van der Waals surface area contributed by atoms with Gasteiger partial charge in [0.1, 0.15) is 0 Å². The van der Waals surface area contributed by atoms with Crippen LogP contribution < -0.4 is 0 Å². The van der Waals surface area contributed by atoms with Gasteiger partial charge in [0, 0.05) is 14.7 Å². The molecule has 0 saturated heterocycles. The number of hydrogen-bond donors (Lipinski definition) is 0. The Kier molecular flexibility index (Phi) is 8.29. The van der Waals surface area contributed by atoms with Gasteiger partial charge in [-0.25, -0.2) is 0 Å². The van der Waals surface area contributed by atoms with Crippen LogP contribution in [0.4, 0.5) is 0 Å². The molecule has 0 aliphatic heterocycles. The predicted molar refractivity (Wildman–Crippen MR) is 106 cm³/mol. The molecule has 0 aliphatic rings. The van der Waals surface area contributed by atoms with Gasteiger partial charge in [-0.05, 0) is 72.5 Å². The highest BCUT2D eigenvalue weighted by Crippen LogP contribution is 2.28. The summed E-state index contributed by atoms with van der Waals surface area (Å²) in [6, 6.07) is 29.7. The molecule has 0 unspecified atom stereocenters. The molecule has 0 aromatic heterocycles. The molecule has 0 bridgehead atoms. The van der Waals surface area contributed by atoms with Crippen LogP contribution in [0.2, 0.25) is 0 Å². The maximum Gasteiger partial charge on any atom is 0.941 e. The van der Waals surface area contributed by atoms with Crippen LogP contribution in [-0.4, -0.2) is 15.1 Å². The first-order chi connectivity index (χ1) is 12.4. The van der Waals surface area contributed by atoms with Crippen LogP contribution in [0.1, 0.15) is 0 Å². The van der Waals surface area contributed by atoms with Crippen LogP contribution in [0.5, 0.6) is 0 Å². The van der Waals surface area contributed by atoms with Crippen molar-refractivity contribution in [3.05, 3.63) is 91.0 Å². The Morgan fingerprint density at radius 3 is 1.00 bits per heavy atom. The molecule has 0 atom stereocenters. The fourth-order valence-corrected chi connectivity index (χ4v) is 6.09. The highest BCUT2D eigenvalue weighted by atomic mass is 32.2. The molecule has 3 nitrogen and oxygen atoms in total. The van der Waals surface area contributed by atoms with E-state index in [-0.39, 0.29) is 0 Å². The van der Waals surface area contributed by atoms with Crippen molar-refractivity contribution in [1.29, 1.82) is 0 Å². The van der Waals surface area contributed by atoms with Gasteiger partial charge in [0.15, 0.2) is 0 Å². The quantitative estimate of drug-likeness (QED) is 0.315. The zero-order valence-corrected chi connectivity index (χ0v) is 16.8. The normalized spacial score (nSPS) is 10.6. The summed E-state index contributed by atoms with van der Waals surface area (Å²) < 4.78 is 17.5. The van der Waals surface area contributed by atoms with Crippen LogP contribution in [0, 0.1) is 0 Å². The summed E-state index contributed by atoms with van der Waals surface area (Å²) in [4.78, 5) is 3.05. The summed E-state index contributed by atoms with van der Waals surface area (Å²) in [7, 11) is 0. The molecular weight excluding hydrogens is 387 g/mol. The van der Waals surface area contributed by atoms with Gasteiger partial charge in [0.25, 0.3) is 0 Å². The zero-order chi connectivity index (χ0) is 17.2. The molecule has 126 valence electrons. The summed E-state index contributed by atoms with van der Waals surface area (Å²) in [5.41, 5.74) is 0. The Balaban J connectivity index is 1.56. The van der Waals surface area contributed by atoms with E-state index >= 15 is 0 Å². The third-order valence-corrected chi connectivity index (χ3v) is 7.33. The first-order valence-electron chi connectivity index (χ1n) is 7.55. The van der Waals surface area contributed by atoms with Gasteiger partial charge < -0.3 is 9.70 Å². The highest BCUT2D eigenvalue weighted by Gasteiger charge is 2.35. The summed E-state index contributed by atoms with van der Waals surface area (Å²) in [5.74, 6) is 0. The van der Waals surface area contributed by atoms with E-state index in [1.54, 1.807) is 0 Å². The van der Waals surface area contributed by atoms with Gasteiger partial charge in [-0.2, -0.15) is 0 Å². The van der Waals surface area contributed by atoms with Crippen molar-refractivity contribution >= 4 is 51.3 Å². The largest absolute Gasteiger partial charge is 0.941 e. The second-order valence-corrected chi connectivity index (χ2v) is 9.57. The van der Waals surface area contributed by atoms with E-state index < -0.39 is 15.1 Å². The number of benzene rings is 3. The fraction of sp³-hybridized carbons (Fsp3) is 0. The molecule has 0 amide bonds. The lowest BCUT2D eigenvalue weighted by Gasteiger charge is -2.11. The Morgan fingerprint density at radius 1 is 0.440 bits per heavy atom. The van der Waals surface area contributed by atoms with Crippen LogP contribution in [0.25, 0.3) is 0 Å². The van der Waals surface area contributed by atoms with Crippen LogP contribution in [0.3, 0.4) is 0 Å². The van der Waals surface area contributed by atoms with Crippen molar-refractivity contribution in [2.45, 2.75) is 14.7 Å². The molecule has 0 fully saturated rings. The summed E-state index contributed by atoms with van der Waals surface area (Å²) in [5, 5.41) is 0. The Bertz CT molecular complexity index is 629. The molecule has 0 radical (unpaired) electrons. The van der Waals surface area contributed by atoms with Gasteiger partial charge in [-0.1, -0.05) is 54.6 Å². The Labute approximate surface area is 166 Å². The summed E-state index contributed by atoms with van der Waals surface area (Å²) >= 11 is 1.50. The van der Waals surface area contributed by atoms with E-state index in [1.165, 1.54) is 36.1 Å². The SMILES string of the molecule is c1ccc(S[O][Al]([O]Sc2ccccc2)[O]Sc2ccccc2)cc1. The maximum atomic E-state index is 5.84. The second-order valence-electron chi connectivity index (χ2n) is 4.77. The minimum absolute atomic E-state index is 1.02. The third-order valence-electron chi connectivity index (χ3n) is 2.90. The molecule has 0 heterocycles. The molecule has 3 aromatic carbocycles. The van der Waals surface area contributed by atoms with Crippen molar-refractivity contribution in [3.63, 3.8) is 0 Å². The molecule has 3 aromatic rings. The molecule has 7 heteroatoms. The third kappa shape index (κ3) is 7.10. The lowest BCUT2D eigenvalue weighted by Crippen LogP contribution is -2.18. The average molecular weight is 402 g/mol. The monoisotopic (exact) mass is 402 g/mol. The van der Waals surface area contributed by atoms with E-state index in [2.05, 4.69) is 0 Å². The smallest absolute Gasteiger partial charge is 0.383 e. The van der Waals surface area contributed by atoms with Crippen molar-refractivity contribution < 1.29 is 9.70 Å². The Hall–Kier alpha value is -0.878. The van der Waals surface area contributed by atoms with Crippen LogP contribution in [0.15, 0.2) is 106 Å². The lowest BCUT2D eigenvalue weighted by atomic mass is 10.4. The molecular formula is C18H15AlO3S3. The van der Waals surface area contributed by atoms with Gasteiger partial charge in [-0.15, -0.1) is 0 Å². The van der Waals surface area contributed by atoms with E-state index in [0.29, 0.717) is 0 Å². The van der Waals surface area contributed by atoms with Crippen molar-refractivity contribution in [1.82, 2.24) is 0 Å². The first-order valence-corrected chi connectivity index (χ1v) is 11.2. The highest BCUT2D eigenvalue weighted by molar-refractivity contribution is 7.98. The van der Waals surface area contributed by atoms with E-state index in [9.17, 15) is 0 Å². The van der Waals surface area contributed by atoms with Gasteiger partial charge >= 0.3 is 15.1 Å². The lowest BCUT2D eigenvalue weighted by molar-refractivity contribution is 0.379. The fourth-order valence-electron chi connectivity index (χ4n) is 1.76. The maximum absolute atomic E-state index is 5.84. The molecule has 25 heavy (non-hydrogen) atoms. The number of rotatable bonds is 9. The topological polar surface area (TPSA) is 27.7 Å². The van der Waals surface area contributed by atoms with Gasteiger partial charge in [0.05, 0.1) is 0 Å². The van der Waals surface area contributed by atoms with Gasteiger partial charge in [-0.3, -0.25) is 0 Å². The first kappa shape index (κ1) is 18.9. The molecule has 0 spiro atoms. The molecule has 0 N–H and O–H groups in total. The molecule has 0 aliphatic carbocycles. The van der Waals surface area contributed by atoms with Crippen molar-refractivity contribution in [2.24, 2.45) is 0 Å².